The number of halogens is 1. The first-order chi connectivity index (χ1) is 11.3. The Hall–Kier alpha value is -1.30. The van der Waals surface area contributed by atoms with E-state index in [1.165, 1.54) is 0 Å². The molecule has 3 aromatic carbocycles. The molecule has 0 saturated heterocycles. The van der Waals surface area contributed by atoms with Gasteiger partial charge in [0.2, 0.25) is 0 Å². The molecule has 0 saturated carbocycles. The Morgan fingerprint density at radius 2 is 0.957 bits per heavy atom. The molecule has 0 aromatic heterocycles. The van der Waals surface area contributed by atoms with Gasteiger partial charge in [0.25, 0.3) is 0 Å². The van der Waals surface area contributed by atoms with Gasteiger partial charge in [-0.2, -0.15) is 0 Å². The molecular formula is C19H16ClIrOP. The zero-order valence-corrected chi connectivity index (χ0v) is 16.4. The van der Waals surface area contributed by atoms with Gasteiger partial charge in [-0.05, 0) is 0 Å². The fourth-order valence-electron chi connectivity index (χ4n) is 2.93. The summed E-state index contributed by atoms with van der Waals surface area (Å²) in [6.07, 6.45) is 0. The van der Waals surface area contributed by atoms with E-state index in [4.69, 9.17) is 9.58 Å². The Kier molecular flexibility index (Phi) is 5.41. The van der Waals surface area contributed by atoms with Crippen molar-refractivity contribution in [3.05, 3.63) is 91.0 Å². The molecule has 1 nitrogen and oxygen atoms in total. The van der Waals surface area contributed by atoms with Gasteiger partial charge in [-0.15, -0.1) is 0 Å². The fourth-order valence-corrected chi connectivity index (χ4v) is 13.2. The molecule has 0 N–H and O–H groups in total. The van der Waals surface area contributed by atoms with Gasteiger partial charge in [0.15, 0.2) is 0 Å². The van der Waals surface area contributed by atoms with E-state index in [0.717, 1.165) is 15.9 Å². The molecule has 0 radical (unpaired) electrons. The standard InChI is InChI=1S/C19H16OP.ClH.Ir/c20-16-21(17-10-4-1-5-11-17,18-12-6-2-7-13-18)19-14-8-3-9-15-19;;/h1-15,21H;1H;/q;;+1/p-1. The van der Waals surface area contributed by atoms with Crippen molar-refractivity contribution >= 4 is 36.8 Å². The van der Waals surface area contributed by atoms with E-state index in [1.54, 1.807) is 0 Å². The van der Waals surface area contributed by atoms with E-state index in [9.17, 15) is 4.79 Å². The minimum absolute atomic E-state index is 0.239. The molecule has 0 unspecified atom stereocenters. The van der Waals surface area contributed by atoms with Gasteiger partial charge in [-0.25, -0.2) is 0 Å². The predicted molar refractivity (Wildman–Crippen MR) is 97.8 cm³/mol. The average molecular weight is 519 g/mol. The second kappa shape index (κ2) is 7.51. The summed E-state index contributed by atoms with van der Waals surface area (Å²) in [6, 6.07) is 30.4. The van der Waals surface area contributed by atoms with E-state index in [0.29, 0.717) is 0 Å². The molecule has 0 aliphatic rings. The average Bonchev–Trinajstić information content (AvgIpc) is 2.65. The van der Waals surface area contributed by atoms with Gasteiger partial charge < -0.3 is 0 Å². The zero-order chi connectivity index (χ0) is 16.1. The van der Waals surface area contributed by atoms with Crippen molar-refractivity contribution in [3.63, 3.8) is 0 Å². The Morgan fingerprint density at radius 3 is 1.22 bits per heavy atom. The Balaban J connectivity index is 2.38. The predicted octanol–water partition coefficient (Wildman–Crippen LogP) is 4.07. The molecule has 119 valence electrons. The molecule has 0 aliphatic heterocycles. The van der Waals surface area contributed by atoms with Gasteiger partial charge >= 0.3 is 149 Å². The van der Waals surface area contributed by atoms with Gasteiger partial charge in [0.05, 0.1) is 0 Å². The second-order valence-electron chi connectivity index (χ2n) is 5.16. The third-order valence-corrected chi connectivity index (χ3v) is 13.7. The molecule has 0 heterocycles. The summed E-state index contributed by atoms with van der Waals surface area (Å²) in [7, 11) is 3.45. The number of hydrogen-bond donors (Lipinski definition) is 0. The van der Waals surface area contributed by atoms with Gasteiger partial charge in [-0.1, -0.05) is 0 Å². The minimum atomic E-state index is -2.74. The molecule has 0 fully saturated rings. The van der Waals surface area contributed by atoms with Crippen LogP contribution in [0.25, 0.3) is 0 Å². The van der Waals surface area contributed by atoms with Crippen molar-refractivity contribution < 1.29 is 21.5 Å². The Labute approximate surface area is 149 Å². The number of hydrogen-bond acceptors (Lipinski definition) is 1. The summed E-state index contributed by atoms with van der Waals surface area (Å²) >= 11 is -1.17. The first-order valence-corrected chi connectivity index (χ1v) is 13.4. The first-order valence-electron chi connectivity index (χ1n) is 7.23. The molecule has 0 bridgehead atoms. The van der Waals surface area contributed by atoms with Gasteiger partial charge in [0.1, 0.15) is 0 Å². The van der Waals surface area contributed by atoms with Crippen LogP contribution >= 0.6 is 16.8 Å². The third-order valence-electron chi connectivity index (χ3n) is 3.96. The number of carbonyl (C=O) groups excluding carboxylic acids is 1. The molecule has 0 amide bonds. The van der Waals surface area contributed by atoms with Crippen LogP contribution in [0.4, 0.5) is 4.79 Å². The molecule has 0 atom stereocenters. The van der Waals surface area contributed by atoms with Crippen LogP contribution in [-0.4, -0.2) is 4.04 Å². The maximum atomic E-state index is 13.2. The van der Waals surface area contributed by atoms with Crippen molar-refractivity contribution in [3.8, 4) is 0 Å². The summed E-state index contributed by atoms with van der Waals surface area (Å²) < 4.78 is 0.239. The Bertz CT molecular complexity index is 682. The second-order valence-corrected chi connectivity index (χ2v) is 12.5. The van der Waals surface area contributed by atoms with Crippen molar-refractivity contribution in [2.75, 3.05) is 0 Å². The van der Waals surface area contributed by atoms with Crippen molar-refractivity contribution in [2.24, 2.45) is 0 Å². The van der Waals surface area contributed by atoms with Crippen LogP contribution in [0, 0.1) is 0 Å². The quantitative estimate of drug-likeness (QED) is 0.465. The number of benzene rings is 3. The SMILES string of the molecule is O=[C]([Ir][Cl])[PH](c1ccccc1)(c1ccccc1)c1ccccc1. The van der Waals surface area contributed by atoms with Crippen LogP contribution in [0.3, 0.4) is 0 Å². The third kappa shape index (κ3) is 3.05. The number of carbonyl (C=O) groups is 1. The molecule has 3 aromatic rings. The van der Waals surface area contributed by atoms with E-state index in [2.05, 4.69) is 36.4 Å². The monoisotopic (exact) mass is 519 g/mol. The van der Waals surface area contributed by atoms with Crippen molar-refractivity contribution in [2.45, 2.75) is 0 Å². The number of rotatable bonds is 5. The van der Waals surface area contributed by atoms with Crippen LogP contribution < -0.4 is 15.9 Å². The summed E-state index contributed by atoms with van der Waals surface area (Å²) in [5.41, 5.74) is 0. The van der Waals surface area contributed by atoms with Crippen LogP contribution in [0.15, 0.2) is 91.0 Å². The summed E-state index contributed by atoms with van der Waals surface area (Å²) in [5.74, 6) is 0. The molecule has 0 aliphatic carbocycles. The van der Waals surface area contributed by atoms with E-state index >= 15 is 0 Å². The summed E-state index contributed by atoms with van der Waals surface area (Å²) in [6.45, 7) is 0. The van der Waals surface area contributed by atoms with Crippen LogP contribution in [0.2, 0.25) is 0 Å². The maximum absolute atomic E-state index is 13.2. The summed E-state index contributed by atoms with van der Waals surface area (Å²) in [5, 5.41) is 3.31. The van der Waals surface area contributed by atoms with Crippen LogP contribution in [-0.2, 0) is 16.7 Å². The van der Waals surface area contributed by atoms with E-state index in [1.807, 2.05) is 54.6 Å². The zero-order valence-electron chi connectivity index (χ0n) is 12.3. The van der Waals surface area contributed by atoms with Crippen molar-refractivity contribution in [1.82, 2.24) is 0 Å². The molecule has 4 heteroatoms. The van der Waals surface area contributed by atoms with Gasteiger partial charge in [-0.3, -0.25) is 0 Å². The fraction of sp³-hybridized carbons (Fsp3) is 0. The van der Waals surface area contributed by atoms with Gasteiger partial charge in [0, 0.05) is 0 Å². The molecule has 0 spiro atoms. The topological polar surface area (TPSA) is 17.1 Å². The molecular weight excluding hydrogens is 503 g/mol. The Morgan fingerprint density at radius 1 is 0.652 bits per heavy atom. The van der Waals surface area contributed by atoms with Crippen molar-refractivity contribution in [1.29, 1.82) is 0 Å². The van der Waals surface area contributed by atoms with E-state index < -0.39 is 23.9 Å². The van der Waals surface area contributed by atoms with Crippen LogP contribution in [0.1, 0.15) is 0 Å². The normalized spacial score (nSPS) is 12.0. The van der Waals surface area contributed by atoms with E-state index in [-0.39, 0.29) is 4.04 Å². The molecule has 23 heavy (non-hydrogen) atoms. The summed E-state index contributed by atoms with van der Waals surface area (Å²) in [4.78, 5) is 13.2. The molecule has 3 rings (SSSR count). The van der Waals surface area contributed by atoms with Crippen LogP contribution in [0.5, 0.6) is 0 Å². The first kappa shape index (κ1) is 16.6.